The van der Waals surface area contributed by atoms with Gasteiger partial charge in [-0.3, -0.25) is 19.3 Å². The van der Waals surface area contributed by atoms with E-state index in [0.29, 0.717) is 31.5 Å². The number of anilines is 1. The molecular weight excluding hydrogens is 664 g/mol. The number of nitrogens with one attached hydrogen (secondary N) is 1. The molecule has 47 heavy (non-hydrogen) atoms. The number of oxime groups is 1. The molecule has 6 heterocycles. The maximum atomic E-state index is 13.4. The Morgan fingerprint density at radius 2 is 2.02 bits per heavy atom. The van der Waals surface area contributed by atoms with Crippen molar-refractivity contribution in [1.29, 1.82) is 0 Å². The number of aryl methyl sites for hydroxylation is 1. The molecule has 19 nitrogen and oxygen atoms in total. The number of amides is 4. The third-order valence-electron chi connectivity index (χ3n) is 7.99. The van der Waals surface area contributed by atoms with Crippen molar-refractivity contribution in [2.75, 3.05) is 31.1 Å². The average Bonchev–Trinajstić information content (AvgIpc) is 3.83. The smallest absolute Gasteiger partial charge is 0.477 e. The lowest BCUT2D eigenvalue weighted by Gasteiger charge is -2.49. The van der Waals surface area contributed by atoms with Crippen molar-refractivity contribution < 1.29 is 47.9 Å². The Hall–Kier alpha value is -5.18. The van der Waals surface area contributed by atoms with Gasteiger partial charge in [0.1, 0.15) is 17.1 Å². The summed E-state index contributed by atoms with van der Waals surface area (Å²) in [6.07, 6.45) is 1.68. The molecular formula is C26H26N8O11S2. The fourth-order valence-electron chi connectivity index (χ4n) is 5.70. The second-order valence-electron chi connectivity index (χ2n) is 10.7. The number of carbonyl (C=O) groups excluding carboxylic acids is 4. The van der Waals surface area contributed by atoms with Crippen LogP contribution in [-0.2, 0) is 30.5 Å². The number of aliphatic carboxylic acids is 1. The molecule has 3 saturated heterocycles. The van der Waals surface area contributed by atoms with Crippen molar-refractivity contribution in [3.8, 4) is 0 Å². The van der Waals surface area contributed by atoms with Crippen LogP contribution in [-0.4, -0.2) is 113 Å². The molecule has 0 aromatic carbocycles. The Morgan fingerprint density at radius 1 is 1.23 bits per heavy atom. The molecule has 0 aliphatic carbocycles. The first-order chi connectivity index (χ1) is 22.5. The number of carboxylic acid groups (broad SMARTS) is 1. The maximum absolute atomic E-state index is 13.4. The largest absolute Gasteiger partial charge is 0.519 e. The molecule has 3 fully saturated rings. The Kier molecular flexibility index (Phi) is 8.49. The first-order valence-electron chi connectivity index (χ1n) is 14.0. The van der Waals surface area contributed by atoms with Crippen molar-refractivity contribution in [1.82, 2.24) is 29.4 Å². The molecule has 5 N–H and O–H groups in total. The third kappa shape index (κ3) is 5.93. The summed E-state index contributed by atoms with van der Waals surface area (Å²) in [7, 11) is 0. The van der Waals surface area contributed by atoms with Crippen molar-refractivity contribution in [2.45, 2.75) is 43.8 Å². The molecule has 0 unspecified atom stereocenters. The minimum atomic E-state index is -1.38. The molecule has 248 valence electrons. The molecule has 4 aliphatic rings. The quantitative estimate of drug-likeness (QED) is 0.0891. The number of nitrogens with zero attached hydrogens (tertiary/aromatic N) is 6. The van der Waals surface area contributed by atoms with Crippen LogP contribution in [0.2, 0.25) is 0 Å². The maximum Gasteiger partial charge on any atom is 0.519 e. The summed E-state index contributed by atoms with van der Waals surface area (Å²) in [5, 5.41) is 24.0. The fourth-order valence-corrected chi connectivity index (χ4v) is 7.44. The van der Waals surface area contributed by atoms with E-state index in [4.69, 9.17) is 19.3 Å². The van der Waals surface area contributed by atoms with Gasteiger partial charge in [-0.25, -0.2) is 14.4 Å². The van der Waals surface area contributed by atoms with Crippen molar-refractivity contribution in [3.05, 3.63) is 50.9 Å². The first-order valence-corrected chi connectivity index (χ1v) is 15.8. The van der Waals surface area contributed by atoms with E-state index in [2.05, 4.69) is 19.8 Å². The number of carboxylic acids is 1. The molecule has 2 aromatic heterocycles. The monoisotopic (exact) mass is 690 g/mol. The van der Waals surface area contributed by atoms with Crippen LogP contribution in [0, 0.1) is 6.92 Å². The molecule has 2 aromatic rings. The molecule has 0 spiro atoms. The number of hydrogen-bond donors (Lipinski definition) is 4. The summed E-state index contributed by atoms with van der Waals surface area (Å²) in [5.41, 5.74) is 5.29. The van der Waals surface area contributed by atoms with E-state index in [0.717, 1.165) is 16.4 Å². The second kappa shape index (κ2) is 12.5. The zero-order valence-electron chi connectivity index (χ0n) is 24.4. The minimum absolute atomic E-state index is 0.0324. The average molecular weight is 691 g/mol. The van der Waals surface area contributed by atoms with Crippen LogP contribution >= 0.6 is 23.3 Å². The van der Waals surface area contributed by atoms with E-state index in [9.17, 15) is 39.1 Å². The Labute approximate surface area is 271 Å². The number of nitrogens with two attached hydrogens (primary N) is 1. The number of aromatic nitrogens is 2. The topological polar surface area (TPSA) is 264 Å². The first kappa shape index (κ1) is 31.8. The standard InChI is InChI=1S/C26H26N8O11S2/c1-10-14(45-26(41)44-10)8-43-25(40)32-4-3-13(7-32)33-5-2-11(20(33)36)6-12-9-46-22-16(21(37)34(22)17(12)23(38)39)28-19(35)15(30-42)18-29-24(27)47-31-18/h6,13,16,22,42H,2-5,7-9H2,1H3,(H,28,35)(H,38,39)(H2,27,29,31)/b11-6+,30-15?/t13-,16-,22-/m1/s1. The van der Waals surface area contributed by atoms with Crippen LogP contribution in [0.3, 0.4) is 0 Å². The number of carbonyl (C=O) groups is 5. The molecule has 0 saturated carbocycles. The fraction of sp³-hybridized carbons (Fsp3) is 0.423. The second-order valence-corrected chi connectivity index (χ2v) is 12.6. The summed E-state index contributed by atoms with van der Waals surface area (Å²) >= 11 is 1.97. The van der Waals surface area contributed by atoms with Gasteiger partial charge in [-0.2, -0.15) is 9.36 Å². The van der Waals surface area contributed by atoms with Crippen LogP contribution in [0.15, 0.2) is 41.7 Å². The summed E-state index contributed by atoms with van der Waals surface area (Å²) < 4.78 is 18.6. The van der Waals surface area contributed by atoms with Gasteiger partial charge in [0.25, 0.3) is 11.8 Å². The molecule has 0 radical (unpaired) electrons. The lowest BCUT2D eigenvalue weighted by Crippen LogP contribution is -2.71. The predicted molar refractivity (Wildman–Crippen MR) is 159 cm³/mol. The Balaban J connectivity index is 1.09. The Bertz CT molecular complexity index is 1830. The zero-order valence-corrected chi connectivity index (χ0v) is 26.0. The molecule has 3 atom stereocenters. The highest BCUT2D eigenvalue weighted by Gasteiger charge is 2.54. The summed E-state index contributed by atoms with van der Waals surface area (Å²) in [6.45, 7) is 2.14. The summed E-state index contributed by atoms with van der Waals surface area (Å²) in [4.78, 5) is 83.2. The van der Waals surface area contributed by atoms with E-state index in [1.165, 1.54) is 29.7 Å². The van der Waals surface area contributed by atoms with Gasteiger partial charge in [-0.05, 0) is 31.4 Å². The third-order valence-corrected chi connectivity index (χ3v) is 9.83. The zero-order chi connectivity index (χ0) is 33.6. The Morgan fingerprint density at radius 3 is 2.68 bits per heavy atom. The minimum Gasteiger partial charge on any atom is -0.477 e. The van der Waals surface area contributed by atoms with Crippen LogP contribution in [0.5, 0.6) is 0 Å². The summed E-state index contributed by atoms with van der Waals surface area (Å²) in [6, 6.07) is -1.41. The van der Waals surface area contributed by atoms with E-state index < -0.39 is 46.8 Å². The molecule has 6 rings (SSSR count). The number of ether oxygens (including phenoxy) is 1. The van der Waals surface area contributed by atoms with Gasteiger partial charge >= 0.3 is 17.9 Å². The highest BCUT2D eigenvalue weighted by atomic mass is 32.2. The van der Waals surface area contributed by atoms with E-state index in [1.807, 2.05) is 0 Å². The van der Waals surface area contributed by atoms with Gasteiger partial charge < -0.3 is 44.7 Å². The number of nitrogen functional groups attached to an aromatic ring is 1. The van der Waals surface area contributed by atoms with Gasteiger partial charge in [0.15, 0.2) is 23.3 Å². The lowest BCUT2D eigenvalue weighted by atomic mass is 10.0. The molecule has 4 amide bonds. The normalized spacial score (nSPS) is 23.8. The number of rotatable bonds is 8. The van der Waals surface area contributed by atoms with Gasteiger partial charge in [0.05, 0.1) is 6.04 Å². The molecule has 21 heteroatoms. The van der Waals surface area contributed by atoms with E-state index >= 15 is 0 Å². The van der Waals surface area contributed by atoms with Crippen molar-refractivity contribution in [3.63, 3.8) is 0 Å². The number of hydrogen-bond acceptors (Lipinski definition) is 16. The van der Waals surface area contributed by atoms with Crippen molar-refractivity contribution >= 4 is 63.9 Å². The number of fused-ring (bicyclic) bond motifs is 1. The van der Waals surface area contributed by atoms with Crippen LogP contribution in [0.4, 0.5) is 9.93 Å². The van der Waals surface area contributed by atoms with Crippen LogP contribution < -0.4 is 16.9 Å². The number of β-lactam (4-membered cyclic amide) rings is 1. The van der Waals surface area contributed by atoms with Gasteiger partial charge in [0, 0.05) is 42.5 Å². The number of likely N-dealkylation sites (tertiary alicyclic amines) is 2. The highest BCUT2D eigenvalue weighted by molar-refractivity contribution is 8.00. The lowest BCUT2D eigenvalue weighted by molar-refractivity contribution is -0.150. The van der Waals surface area contributed by atoms with Gasteiger partial charge in [-0.15, -0.1) is 11.8 Å². The highest BCUT2D eigenvalue weighted by Crippen LogP contribution is 2.41. The predicted octanol–water partition coefficient (Wildman–Crippen LogP) is -0.538. The summed E-state index contributed by atoms with van der Waals surface area (Å²) in [5.74, 6) is -4.02. The van der Waals surface area contributed by atoms with Crippen LogP contribution in [0.25, 0.3) is 0 Å². The van der Waals surface area contributed by atoms with Crippen molar-refractivity contribution in [2.24, 2.45) is 5.16 Å². The molecule has 4 aliphatic heterocycles. The van der Waals surface area contributed by atoms with Crippen LogP contribution in [0.1, 0.15) is 30.2 Å². The van der Waals surface area contributed by atoms with E-state index in [1.54, 1.807) is 4.90 Å². The van der Waals surface area contributed by atoms with E-state index in [-0.39, 0.29) is 64.6 Å². The molecule has 0 bridgehead atoms. The SMILES string of the molecule is Cc1oc(=O)oc1COC(=O)N1CC[C@@H](N2CC/C(=C\C3=C(C(=O)O)N4C(=O)[C@@H](NC(=O)C(=NO)c5nsc(N)n5)[C@H]4SC3)C2=O)C1. The van der Waals surface area contributed by atoms with Gasteiger partial charge in [-0.1, -0.05) is 5.16 Å². The number of thioether (sulfide) groups is 1. The van der Waals surface area contributed by atoms with Gasteiger partial charge in [0.2, 0.25) is 17.4 Å². The number of allylic oxidation sites excluding steroid dienone is 1.